The second-order valence-electron chi connectivity index (χ2n) is 4.10. The van der Waals surface area contributed by atoms with E-state index in [-0.39, 0.29) is 17.2 Å². The summed E-state index contributed by atoms with van der Waals surface area (Å²) in [6, 6.07) is 9.12. The van der Waals surface area contributed by atoms with Gasteiger partial charge in [0.05, 0.1) is 11.8 Å². The molecule has 0 radical (unpaired) electrons. The van der Waals surface area contributed by atoms with Crippen LogP contribution in [0.3, 0.4) is 0 Å². The summed E-state index contributed by atoms with van der Waals surface area (Å²) in [5.41, 5.74) is 2.11. The summed E-state index contributed by atoms with van der Waals surface area (Å²) in [4.78, 5) is 17.5. The molecule has 0 spiro atoms. The van der Waals surface area contributed by atoms with Gasteiger partial charge < -0.3 is 10.0 Å². The summed E-state index contributed by atoms with van der Waals surface area (Å²) in [6.07, 6.45) is 2.74. The molecule has 0 aliphatic rings. The van der Waals surface area contributed by atoms with Crippen molar-refractivity contribution in [2.75, 3.05) is 11.9 Å². The van der Waals surface area contributed by atoms with Crippen LogP contribution >= 0.6 is 0 Å². The Balaban J connectivity index is 2.32. The summed E-state index contributed by atoms with van der Waals surface area (Å²) < 4.78 is 0. The fraction of sp³-hybridized carbons (Fsp3) is 0.143. The topological polar surface area (TPSA) is 53.4 Å². The summed E-state index contributed by atoms with van der Waals surface area (Å²) in [5, 5.41) is 9.62. The molecular weight excluding hydrogens is 228 g/mol. The van der Waals surface area contributed by atoms with E-state index < -0.39 is 0 Å². The Bertz CT molecular complexity index is 582. The number of hydrogen-bond donors (Lipinski definition) is 1. The third-order valence-electron chi connectivity index (χ3n) is 2.72. The van der Waals surface area contributed by atoms with Crippen LogP contribution in [-0.4, -0.2) is 23.0 Å². The molecule has 1 aromatic carbocycles. The quantitative estimate of drug-likeness (QED) is 0.879. The maximum absolute atomic E-state index is 12.2. The van der Waals surface area contributed by atoms with Gasteiger partial charge in [-0.1, -0.05) is 12.1 Å². The van der Waals surface area contributed by atoms with Crippen LogP contribution in [-0.2, 0) is 0 Å². The monoisotopic (exact) mass is 242 g/mol. The zero-order valence-electron chi connectivity index (χ0n) is 10.3. The molecule has 0 aliphatic carbocycles. The Hall–Kier alpha value is -2.36. The SMILES string of the molecule is Cc1cccc(N(C)C(=O)c2ccncc2O)c1. The predicted molar refractivity (Wildman–Crippen MR) is 69.8 cm³/mol. The molecule has 0 fully saturated rings. The minimum absolute atomic E-state index is 0.109. The number of benzene rings is 1. The number of carbonyl (C=O) groups is 1. The molecule has 0 bridgehead atoms. The van der Waals surface area contributed by atoms with Crippen molar-refractivity contribution in [2.45, 2.75) is 6.92 Å². The fourth-order valence-electron chi connectivity index (χ4n) is 1.70. The first kappa shape index (κ1) is 12.1. The third kappa shape index (κ3) is 2.32. The summed E-state index contributed by atoms with van der Waals surface area (Å²) in [7, 11) is 1.68. The van der Waals surface area contributed by atoms with E-state index >= 15 is 0 Å². The van der Waals surface area contributed by atoms with Gasteiger partial charge in [0.25, 0.3) is 5.91 Å². The second kappa shape index (κ2) is 4.87. The van der Waals surface area contributed by atoms with E-state index in [4.69, 9.17) is 0 Å². The van der Waals surface area contributed by atoms with Crippen molar-refractivity contribution in [3.05, 3.63) is 53.9 Å². The molecule has 2 aromatic rings. The lowest BCUT2D eigenvalue weighted by atomic mass is 10.2. The molecular formula is C14H14N2O2. The van der Waals surface area contributed by atoms with E-state index in [9.17, 15) is 9.90 Å². The van der Waals surface area contributed by atoms with E-state index in [2.05, 4.69) is 4.98 Å². The van der Waals surface area contributed by atoms with Crippen LogP contribution < -0.4 is 4.90 Å². The van der Waals surface area contributed by atoms with Gasteiger partial charge in [-0.05, 0) is 30.7 Å². The summed E-state index contributed by atoms with van der Waals surface area (Å²) in [6.45, 7) is 1.96. The smallest absolute Gasteiger partial charge is 0.261 e. The van der Waals surface area contributed by atoms with Crippen molar-refractivity contribution in [1.82, 2.24) is 4.98 Å². The van der Waals surface area contributed by atoms with Crippen LogP contribution in [0.2, 0.25) is 0 Å². The Morgan fingerprint density at radius 1 is 1.33 bits per heavy atom. The molecule has 0 aliphatic heterocycles. The molecule has 0 atom stereocenters. The van der Waals surface area contributed by atoms with Crippen molar-refractivity contribution in [3.63, 3.8) is 0 Å². The van der Waals surface area contributed by atoms with Crippen molar-refractivity contribution in [1.29, 1.82) is 0 Å². The highest BCUT2D eigenvalue weighted by atomic mass is 16.3. The third-order valence-corrected chi connectivity index (χ3v) is 2.72. The Kier molecular flexibility index (Phi) is 3.28. The van der Waals surface area contributed by atoms with Crippen molar-refractivity contribution < 1.29 is 9.90 Å². The molecule has 18 heavy (non-hydrogen) atoms. The van der Waals surface area contributed by atoms with Gasteiger partial charge in [-0.25, -0.2) is 0 Å². The number of aryl methyl sites for hydroxylation is 1. The molecule has 1 N–H and O–H groups in total. The molecule has 4 heteroatoms. The number of anilines is 1. The fourth-order valence-corrected chi connectivity index (χ4v) is 1.70. The molecule has 2 rings (SSSR count). The number of aromatic nitrogens is 1. The first-order valence-electron chi connectivity index (χ1n) is 5.57. The lowest BCUT2D eigenvalue weighted by molar-refractivity contribution is 0.0990. The molecule has 4 nitrogen and oxygen atoms in total. The largest absolute Gasteiger partial charge is 0.505 e. The predicted octanol–water partition coefficient (Wildman–Crippen LogP) is 2.37. The van der Waals surface area contributed by atoms with Crippen molar-refractivity contribution in [2.24, 2.45) is 0 Å². The van der Waals surface area contributed by atoms with Crippen LogP contribution in [0.5, 0.6) is 5.75 Å². The lowest BCUT2D eigenvalue weighted by Crippen LogP contribution is -2.26. The zero-order valence-corrected chi connectivity index (χ0v) is 10.3. The normalized spacial score (nSPS) is 10.1. The van der Waals surface area contributed by atoms with Crippen LogP contribution in [0.4, 0.5) is 5.69 Å². The number of nitrogens with zero attached hydrogens (tertiary/aromatic N) is 2. The minimum Gasteiger partial charge on any atom is -0.505 e. The highest BCUT2D eigenvalue weighted by Crippen LogP contribution is 2.21. The maximum atomic E-state index is 12.2. The number of carbonyl (C=O) groups excluding carboxylic acids is 1. The van der Waals surface area contributed by atoms with Crippen LogP contribution in [0.25, 0.3) is 0 Å². The van der Waals surface area contributed by atoms with Gasteiger partial charge >= 0.3 is 0 Å². The second-order valence-corrected chi connectivity index (χ2v) is 4.10. The number of amides is 1. The van der Waals surface area contributed by atoms with E-state index in [1.54, 1.807) is 7.05 Å². The number of hydrogen-bond acceptors (Lipinski definition) is 3. The van der Waals surface area contributed by atoms with Gasteiger partial charge in [-0.15, -0.1) is 0 Å². The number of rotatable bonds is 2. The van der Waals surface area contributed by atoms with Gasteiger partial charge in [0.2, 0.25) is 0 Å². The molecule has 92 valence electrons. The van der Waals surface area contributed by atoms with Crippen LogP contribution in [0, 0.1) is 6.92 Å². The minimum atomic E-state index is -0.263. The first-order valence-corrected chi connectivity index (χ1v) is 5.57. The molecule has 0 saturated heterocycles. The number of aromatic hydroxyl groups is 1. The van der Waals surface area contributed by atoms with E-state index in [0.29, 0.717) is 0 Å². The van der Waals surface area contributed by atoms with E-state index in [1.807, 2.05) is 31.2 Å². The highest BCUT2D eigenvalue weighted by Gasteiger charge is 2.16. The molecule has 1 amide bonds. The zero-order chi connectivity index (χ0) is 13.1. The summed E-state index contributed by atoms with van der Waals surface area (Å²) in [5.74, 6) is -0.373. The number of pyridine rings is 1. The Labute approximate surface area is 106 Å². The van der Waals surface area contributed by atoms with Gasteiger partial charge in [0, 0.05) is 18.9 Å². The highest BCUT2D eigenvalue weighted by molar-refractivity contribution is 6.07. The standard InChI is InChI=1S/C14H14N2O2/c1-10-4-3-5-11(8-10)16(2)14(18)12-6-7-15-9-13(12)17/h3-9,17H,1-2H3. The molecule has 0 unspecified atom stereocenters. The van der Waals surface area contributed by atoms with E-state index in [1.165, 1.54) is 23.4 Å². The lowest BCUT2D eigenvalue weighted by Gasteiger charge is -2.18. The first-order chi connectivity index (χ1) is 8.59. The van der Waals surface area contributed by atoms with Crippen molar-refractivity contribution in [3.8, 4) is 5.75 Å². The van der Waals surface area contributed by atoms with Gasteiger partial charge in [0.15, 0.2) is 0 Å². The van der Waals surface area contributed by atoms with Crippen LogP contribution in [0.15, 0.2) is 42.7 Å². The average molecular weight is 242 g/mol. The van der Waals surface area contributed by atoms with E-state index in [0.717, 1.165) is 11.3 Å². The van der Waals surface area contributed by atoms with Crippen molar-refractivity contribution >= 4 is 11.6 Å². The van der Waals surface area contributed by atoms with Crippen LogP contribution in [0.1, 0.15) is 15.9 Å². The van der Waals surface area contributed by atoms with Gasteiger partial charge in [-0.3, -0.25) is 9.78 Å². The summed E-state index contributed by atoms with van der Waals surface area (Å²) >= 11 is 0. The maximum Gasteiger partial charge on any atom is 0.261 e. The molecule has 0 saturated carbocycles. The van der Waals surface area contributed by atoms with Gasteiger partial charge in [0.1, 0.15) is 5.75 Å². The Morgan fingerprint density at radius 2 is 2.11 bits per heavy atom. The van der Waals surface area contributed by atoms with Gasteiger partial charge in [-0.2, -0.15) is 0 Å². The average Bonchev–Trinajstić information content (AvgIpc) is 2.37. The molecule has 1 heterocycles. The molecule has 1 aromatic heterocycles. The Morgan fingerprint density at radius 3 is 2.78 bits per heavy atom.